The first-order chi connectivity index (χ1) is 9.62. The summed E-state index contributed by atoms with van der Waals surface area (Å²) in [6, 6.07) is 4.41. The highest BCUT2D eigenvalue weighted by Gasteiger charge is 2.43. The average molecular weight is 322 g/mol. The molecule has 1 aromatic rings. The highest BCUT2D eigenvalue weighted by molar-refractivity contribution is 7.89. The van der Waals surface area contributed by atoms with Gasteiger partial charge in [0, 0.05) is 18.8 Å². The van der Waals surface area contributed by atoms with Gasteiger partial charge in [0.05, 0.1) is 10.8 Å². The Balaban J connectivity index is 2.19. The summed E-state index contributed by atoms with van der Waals surface area (Å²) < 4.78 is 63.9. The fourth-order valence-corrected chi connectivity index (χ4v) is 4.20. The van der Waals surface area contributed by atoms with Crippen LogP contribution in [0.3, 0.4) is 0 Å². The number of sulfonamides is 1. The molecule has 8 heteroatoms. The van der Waals surface area contributed by atoms with Crippen molar-refractivity contribution in [1.29, 1.82) is 0 Å². The number of hydrogen-bond acceptors (Lipinski definition) is 3. The standard InChI is InChI=1S/C13H17F3N2O2S/c1-9-8-11(17)2-3-12(9)21(19,20)18-6-4-10(5-7-18)13(14,15)16/h2-3,8,10H,4-7,17H2,1H3. The van der Waals surface area contributed by atoms with Gasteiger partial charge in [0.15, 0.2) is 0 Å². The van der Waals surface area contributed by atoms with Crippen LogP contribution in [-0.2, 0) is 10.0 Å². The number of alkyl halides is 3. The van der Waals surface area contributed by atoms with Crippen molar-refractivity contribution in [3.8, 4) is 0 Å². The van der Waals surface area contributed by atoms with Gasteiger partial charge in [-0.15, -0.1) is 0 Å². The maximum absolute atomic E-state index is 12.6. The molecular formula is C13H17F3N2O2S. The third kappa shape index (κ3) is 3.32. The maximum atomic E-state index is 12.6. The normalized spacial score (nSPS) is 18.9. The van der Waals surface area contributed by atoms with Crippen molar-refractivity contribution >= 4 is 15.7 Å². The second-order valence-electron chi connectivity index (χ2n) is 5.24. The van der Waals surface area contributed by atoms with Gasteiger partial charge < -0.3 is 5.73 Å². The van der Waals surface area contributed by atoms with Gasteiger partial charge in [-0.1, -0.05) is 0 Å². The van der Waals surface area contributed by atoms with Crippen LogP contribution in [0.25, 0.3) is 0 Å². The molecule has 1 saturated heterocycles. The van der Waals surface area contributed by atoms with Crippen molar-refractivity contribution in [2.45, 2.75) is 30.8 Å². The van der Waals surface area contributed by atoms with Crippen LogP contribution in [0.5, 0.6) is 0 Å². The second kappa shape index (κ2) is 5.49. The van der Waals surface area contributed by atoms with Crippen LogP contribution in [0, 0.1) is 12.8 Å². The minimum Gasteiger partial charge on any atom is -0.399 e. The van der Waals surface area contributed by atoms with Crippen molar-refractivity contribution < 1.29 is 21.6 Å². The van der Waals surface area contributed by atoms with E-state index in [0.717, 1.165) is 4.31 Å². The van der Waals surface area contributed by atoms with E-state index in [0.29, 0.717) is 11.3 Å². The summed E-state index contributed by atoms with van der Waals surface area (Å²) in [5.74, 6) is -1.42. The molecular weight excluding hydrogens is 305 g/mol. The van der Waals surface area contributed by atoms with Crippen molar-refractivity contribution in [1.82, 2.24) is 4.31 Å². The van der Waals surface area contributed by atoms with Gasteiger partial charge in [-0.25, -0.2) is 8.42 Å². The minimum atomic E-state index is -4.26. The molecule has 1 heterocycles. The van der Waals surface area contributed by atoms with E-state index in [1.54, 1.807) is 6.92 Å². The molecule has 2 rings (SSSR count). The smallest absolute Gasteiger partial charge is 0.391 e. The summed E-state index contributed by atoms with van der Waals surface area (Å²) in [4.78, 5) is 0.0992. The number of hydrogen-bond donors (Lipinski definition) is 1. The van der Waals surface area contributed by atoms with Crippen LogP contribution in [0.4, 0.5) is 18.9 Å². The molecule has 0 saturated carbocycles. The molecule has 0 radical (unpaired) electrons. The summed E-state index contributed by atoms with van der Waals surface area (Å²) in [6.07, 6.45) is -4.65. The molecule has 1 fully saturated rings. The Hall–Kier alpha value is -1.28. The number of nitrogen functional groups attached to an aromatic ring is 1. The molecule has 1 aliphatic heterocycles. The number of rotatable bonds is 2. The van der Waals surface area contributed by atoms with E-state index in [9.17, 15) is 21.6 Å². The molecule has 0 unspecified atom stereocenters. The first-order valence-corrected chi connectivity index (χ1v) is 7.99. The third-order valence-corrected chi connectivity index (χ3v) is 5.79. The van der Waals surface area contributed by atoms with Gasteiger partial charge in [0.1, 0.15) is 0 Å². The van der Waals surface area contributed by atoms with E-state index in [-0.39, 0.29) is 30.8 Å². The lowest BCUT2D eigenvalue weighted by Crippen LogP contribution is -2.42. The van der Waals surface area contributed by atoms with Crippen LogP contribution in [0.1, 0.15) is 18.4 Å². The number of nitrogens with two attached hydrogens (primary N) is 1. The number of aryl methyl sites for hydroxylation is 1. The Labute approximate surface area is 121 Å². The van der Waals surface area contributed by atoms with E-state index in [2.05, 4.69) is 0 Å². The zero-order chi connectivity index (χ0) is 15.8. The molecule has 0 aromatic heterocycles. The zero-order valence-electron chi connectivity index (χ0n) is 11.5. The molecule has 0 amide bonds. The molecule has 21 heavy (non-hydrogen) atoms. The topological polar surface area (TPSA) is 63.4 Å². The molecule has 1 aliphatic rings. The van der Waals surface area contributed by atoms with Crippen LogP contribution in [0.2, 0.25) is 0 Å². The van der Waals surface area contributed by atoms with Gasteiger partial charge in [0.25, 0.3) is 0 Å². The Morgan fingerprint density at radius 1 is 1.24 bits per heavy atom. The Morgan fingerprint density at radius 2 is 1.81 bits per heavy atom. The lowest BCUT2D eigenvalue weighted by atomic mass is 9.98. The van der Waals surface area contributed by atoms with Crippen LogP contribution >= 0.6 is 0 Å². The van der Waals surface area contributed by atoms with Gasteiger partial charge in [0.2, 0.25) is 10.0 Å². The number of halogens is 3. The molecule has 118 valence electrons. The van der Waals surface area contributed by atoms with Crippen LogP contribution in [0.15, 0.2) is 23.1 Å². The lowest BCUT2D eigenvalue weighted by molar-refractivity contribution is -0.182. The number of piperidine rings is 1. The Morgan fingerprint density at radius 3 is 2.29 bits per heavy atom. The minimum absolute atomic E-state index is 0.0992. The largest absolute Gasteiger partial charge is 0.399 e. The zero-order valence-corrected chi connectivity index (χ0v) is 12.3. The Kier molecular flexibility index (Phi) is 4.21. The van der Waals surface area contributed by atoms with Crippen molar-refractivity contribution in [2.24, 2.45) is 5.92 Å². The fourth-order valence-electron chi connectivity index (χ4n) is 2.52. The lowest BCUT2D eigenvalue weighted by Gasteiger charge is -2.32. The summed E-state index contributed by atoms with van der Waals surface area (Å²) >= 11 is 0. The first-order valence-electron chi connectivity index (χ1n) is 6.55. The predicted molar refractivity (Wildman–Crippen MR) is 73.1 cm³/mol. The number of anilines is 1. The molecule has 1 aromatic carbocycles. The quantitative estimate of drug-likeness (QED) is 0.851. The molecule has 0 aliphatic carbocycles. The van der Waals surface area contributed by atoms with Gasteiger partial charge in [-0.3, -0.25) is 0 Å². The molecule has 0 atom stereocenters. The summed E-state index contributed by atoms with van der Waals surface area (Å²) in [5, 5.41) is 0. The third-order valence-electron chi connectivity index (χ3n) is 3.73. The van der Waals surface area contributed by atoms with Crippen molar-refractivity contribution in [2.75, 3.05) is 18.8 Å². The number of benzene rings is 1. The van der Waals surface area contributed by atoms with Crippen molar-refractivity contribution in [3.63, 3.8) is 0 Å². The summed E-state index contributed by atoms with van der Waals surface area (Å²) in [7, 11) is -3.77. The number of nitrogens with zero attached hydrogens (tertiary/aromatic N) is 1. The van der Waals surface area contributed by atoms with Crippen LogP contribution in [-0.4, -0.2) is 32.0 Å². The highest BCUT2D eigenvalue weighted by atomic mass is 32.2. The maximum Gasteiger partial charge on any atom is 0.391 e. The molecule has 4 nitrogen and oxygen atoms in total. The van der Waals surface area contributed by atoms with Crippen LogP contribution < -0.4 is 5.73 Å². The predicted octanol–water partition coefficient (Wildman–Crippen LogP) is 2.54. The van der Waals surface area contributed by atoms with E-state index < -0.39 is 22.1 Å². The fraction of sp³-hybridized carbons (Fsp3) is 0.538. The molecule has 0 bridgehead atoms. The van der Waals surface area contributed by atoms with Gasteiger partial charge in [-0.2, -0.15) is 17.5 Å². The van der Waals surface area contributed by atoms with E-state index in [1.807, 2.05) is 0 Å². The summed E-state index contributed by atoms with van der Waals surface area (Å²) in [5.41, 5.74) is 6.52. The van der Waals surface area contributed by atoms with Crippen molar-refractivity contribution in [3.05, 3.63) is 23.8 Å². The highest BCUT2D eigenvalue weighted by Crippen LogP contribution is 2.35. The monoisotopic (exact) mass is 322 g/mol. The van der Waals surface area contributed by atoms with Gasteiger partial charge >= 0.3 is 6.18 Å². The SMILES string of the molecule is Cc1cc(N)ccc1S(=O)(=O)N1CCC(C(F)(F)F)CC1. The summed E-state index contributed by atoms with van der Waals surface area (Å²) in [6.45, 7) is 1.39. The van der Waals surface area contributed by atoms with E-state index in [4.69, 9.17) is 5.73 Å². The van der Waals surface area contributed by atoms with E-state index in [1.165, 1.54) is 18.2 Å². The first kappa shape index (κ1) is 16.1. The second-order valence-corrected chi connectivity index (χ2v) is 7.15. The molecule has 0 spiro atoms. The molecule has 2 N–H and O–H groups in total. The Bertz CT molecular complexity index is 621. The van der Waals surface area contributed by atoms with Gasteiger partial charge in [-0.05, 0) is 43.5 Å². The average Bonchev–Trinajstić information content (AvgIpc) is 2.37. The van der Waals surface area contributed by atoms with E-state index >= 15 is 0 Å².